The van der Waals surface area contributed by atoms with Crippen molar-refractivity contribution in [1.82, 2.24) is 5.32 Å². The Morgan fingerprint density at radius 2 is 1.83 bits per heavy atom. The van der Waals surface area contributed by atoms with Gasteiger partial charge in [-0.25, -0.2) is 10.1 Å². The molecule has 1 amide bonds. The van der Waals surface area contributed by atoms with Crippen LogP contribution in [0.25, 0.3) is 0 Å². The van der Waals surface area contributed by atoms with Crippen molar-refractivity contribution < 1.29 is 14.6 Å². The first kappa shape index (κ1) is 24.8. The van der Waals surface area contributed by atoms with Crippen LogP contribution < -0.4 is 5.32 Å². The molecule has 1 heterocycles. The van der Waals surface area contributed by atoms with Gasteiger partial charge < -0.3 is 5.32 Å². The lowest BCUT2D eigenvalue weighted by Crippen LogP contribution is -2.28. The van der Waals surface area contributed by atoms with E-state index in [1.54, 1.807) is 11.3 Å². The lowest BCUT2D eigenvalue weighted by molar-refractivity contribution is -0.485. The zero-order valence-corrected chi connectivity index (χ0v) is 21.6. The largest absolute Gasteiger partial charge is 0.352 e. The molecule has 1 aromatic heterocycles. The summed E-state index contributed by atoms with van der Waals surface area (Å²) in [5.41, 5.74) is 4.48. The van der Waals surface area contributed by atoms with Gasteiger partial charge in [0.25, 0.3) is 5.91 Å². The van der Waals surface area contributed by atoms with E-state index in [-0.39, 0.29) is 23.5 Å². The predicted octanol–water partition coefficient (Wildman–Crippen LogP) is 5.09. The molecule has 3 aliphatic carbocycles. The molecule has 1 N–H and O–H groups in total. The van der Waals surface area contributed by atoms with Gasteiger partial charge in [0, 0.05) is 35.1 Å². The molecule has 8 heteroatoms. The van der Waals surface area contributed by atoms with E-state index in [1.807, 2.05) is 31.2 Å². The Morgan fingerprint density at radius 3 is 2.50 bits per heavy atom. The van der Waals surface area contributed by atoms with Crippen molar-refractivity contribution >= 4 is 28.7 Å². The SMILES string of the molecule is Cc1ccc(CC(CC2CCc3sc(CC(=O)C4CC4)c(C(=O)NCC4CC4)c3C2)=N[N+](=O)[O-])cc1. The maximum atomic E-state index is 13.3. The van der Waals surface area contributed by atoms with Gasteiger partial charge in [-0.2, -0.15) is 0 Å². The van der Waals surface area contributed by atoms with Crippen molar-refractivity contribution in [2.45, 2.75) is 71.1 Å². The van der Waals surface area contributed by atoms with Crippen LogP contribution in [0, 0.1) is 34.8 Å². The third kappa shape index (κ3) is 6.27. The Hall–Kier alpha value is -2.87. The Balaban J connectivity index is 1.35. The van der Waals surface area contributed by atoms with Crippen molar-refractivity contribution in [3.63, 3.8) is 0 Å². The number of nitrogens with zero attached hydrogens (tertiary/aromatic N) is 2. The van der Waals surface area contributed by atoms with Crippen molar-refractivity contribution in [2.24, 2.45) is 22.9 Å². The van der Waals surface area contributed by atoms with E-state index < -0.39 is 5.03 Å². The monoisotopic (exact) mass is 507 g/mol. The van der Waals surface area contributed by atoms with E-state index in [4.69, 9.17) is 0 Å². The summed E-state index contributed by atoms with van der Waals surface area (Å²) in [5, 5.41) is 17.5. The summed E-state index contributed by atoms with van der Waals surface area (Å²) in [6, 6.07) is 8.00. The smallest absolute Gasteiger partial charge is 0.252 e. The van der Waals surface area contributed by atoms with Crippen molar-refractivity contribution in [3.8, 4) is 0 Å². The highest BCUT2D eigenvalue weighted by Crippen LogP contribution is 2.40. The lowest BCUT2D eigenvalue weighted by atomic mass is 9.82. The molecule has 7 nitrogen and oxygen atoms in total. The van der Waals surface area contributed by atoms with Crippen LogP contribution in [-0.4, -0.2) is 29.0 Å². The number of carbonyl (C=O) groups is 2. The van der Waals surface area contributed by atoms with E-state index in [0.717, 1.165) is 60.1 Å². The number of carbonyl (C=O) groups excluding carboxylic acids is 2. The van der Waals surface area contributed by atoms with E-state index in [0.29, 0.717) is 49.4 Å². The Bertz CT molecular complexity index is 1190. The van der Waals surface area contributed by atoms with Crippen LogP contribution in [-0.2, 0) is 30.5 Å². The second-order valence-corrected chi connectivity index (χ2v) is 11.9. The molecule has 0 saturated heterocycles. The highest BCUT2D eigenvalue weighted by Gasteiger charge is 2.34. The number of Topliss-reactive ketones (excluding diaryl/α,β-unsaturated/α-hetero) is 1. The number of nitro groups is 1. The molecule has 1 unspecified atom stereocenters. The molecule has 0 aliphatic heterocycles. The number of rotatable bonds is 11. The molecule has 1 aromatic carbocycles. The normalized spacial score (nSPS) is 19.6. The Kier molecular flexibility index (Phi) is 7.32. The van der Waals surface area contributed by atoms with Crippen LogP contribution in [0.2, 0.25) is 0 Å². The number of hydrogen-bond donors (Lipinski definition) is 1. The Morgan fingerprint density at radius 1 is 1.08 bits per heavy atom. The third-order valence-corrected chi connectivity index (χ3v) is 8.85. The van der Waals surface area contributed by atoms with Crippen LogP contribution in [0.5, 0.6) is 0 Å². The fourth-order valence-electron chi connectivity index (χ4n) is 5.17. The molecule has 190 valence electrons. The fraction of sp³-hybridized carbons (Fsp3) is 0.536. The highest BCUT2D eigenvalue weighted by molar-refractivity contribution is 7.12. The van der Waals surface area contributed by atoms with Gasteiger partial charge in [0.05, 0.1) is 16.4 Å². The summed E-state index contributed by atoms with van der Waals surface area (Å²) in [6.07, 6.45) is 8.02. The molecule has 0 bridgehead atoms. The predicted molar refractivity (Wildman–Crippen MR) is 140 cm³/mol. The zero-order chi connectivity index (χ0) is 25.2. The zero-order valence-electron chi connectivity index (χ0n) is 20.8. The summed E-state index contributed by atoms with van der Waals surface area (Å²) in [4.78, 5) is 39.3. The second-order valence-electron chi connectivity index (χ2n) is 10.8. The minimum Gasteiger partial charge on any atom is -0.352 e. The molecule has 2 fully saturated rings. The number of benzene rings is 1. The molecule has 1 atom stereocenters. The number of amides is 1. The summed E-state index contributed by atoms with van der Waals surface area (Å²) in [5.74, 6) is 1.12. The van der Waals surface area contributed by atoms with Gasteiger partial charge in [-0.1, -0.05) is 29.8 Å². The molecule has 2 saturated carbocycles. The van der Waals surface area contributed by atoms with Crippen molar-refractivity contribution in [3.05, 3.63) is 66.4 Å². The maximum absolute atomic E-state index is 13.3. The van der Waals surface area contributed by atoms with Crippen LogP contribution >= 0.6 is 11.3 Å². The lowest BCUT2D eigenvalue weighted by Gasteiger charge is -2.23. The van der Waals surface area contributed by atoms with Crippen molar-refractivity contribution in [2.75, 3.05) is 6.54 Å². The fourth-order valence-corrected chi connectivity index (χ4v) is 6.53. The van der Waals surface area contributed by atoms with Crippen LogP contribution in [0.3, 0.4) is 0 Å². The molecule has 36 heavy (non-hydrogen) atoms. The quantitative estimate of drug-likeness (QED) is 0.260. The average molecular weight is 508 g/mol. The Labute approximate surface area is 215 Å². The topological polar surface area (TPSA) is 102 Å². The van der Waals surface area contributed by atoms with Gasteiger partial charge in [-0.05, 0) is 81.3 Å². The third-order valence-electron chi connectivity index (χ3n) is 7.55. The summed E-state index contributed by atoms with van der Waals surface area (Å²) >= 11 is 1.63. The number of nitrogens with one attached hydrogen (secondary N) is 1. The van der Waals surface area contributed by atoms with E-state index in [2.05, 4.69) is 10.4 Å². The molecule has 2 aromatic rings. The average Bonchev–Trinajstić information content (AvgIpc) is 3.75. The minimum atomic E-state index is -0.597. The van der Waals surface area contributed by atoms with E-state index in [1.165, 1.54) is 4.88 Å². The van der Waals surface area contributed by atoms with Crippen LogP contribution in [0.1, 0.15) is 75.3 Å². The van der Waals surface area contributed by atoms with Gasteiger partial charge in [-0.3, -0.25) is 9.59 Å². The number of aryl methyl sites for hydroxylation is 2. The first-order valence-corrected chi connectivity index (χ1v) is 13.9. The number of hydrazone groups is 1. The van der Waals surface area contributed by atoms with Gasteiger partial charge in [0.2, 0.25) is 0 Å². The van der Waals surface area contributed by atoms with Crippen molar-refractivity contribution in [1.29, 1.82) is 0 Å². The summed E-state index contributed by atoms with van der Waals surface area (Å²) < 4.78 is 0. The van der Waals surface area contributed by atoms with E-state index in [9.17, 15) is 19.7 Å². The minimum absolute atomic E-state index is 0.0579. The molecular weight excluding hydrogens is 474 g/mol. The molecule has 0 radical (unpaired) electrons. The van der Waals surface area contributed by atoms with Crippen LogP contribution in [0.15, 0.2) is 29.4 Å². The molecular formula is C28H33N3O4S. The second kappa shape index (κ2) is 10.6. The first-order chi connectivity index (χ1) is 17.4. The highest BCUT2D eigenvalue weighted by atomic mass is 32.1. The van der Waals surface area contributed by atoms with Gasteiger partial charge in [0.1, 0.15) is 5.78 Å². The van der Waals surface area contributed by atoms with Gasteiger partial charge >= 0.3 is 0 Å². The molecule has 5 rings (SSSR count). The van der Waals surface area contributed by atoms with E-state index >= 15 is 0 Å². The molecule has 3 aliphatic rings. The van der Waals surface area contributed by atoms with Crippen LogP contribution in [0.4, 0.5) is 0 Å². The molecule has 0 spiro atoms. The van der Waals surface area contributed by atoms with Gasteiger partial charge in [-0.15, -0.1) is 11.3 Å². The standard InChI is InChI=1S/C28H33N3O4S/c1-17-2-4-18(5-3-17)12-22(30-31(34)35)13-20-8-11-25-23(14-20)27(28(33)29-16-19-6-7-19)26(36-25)15-24(32)21-9-10-21/h2-5,19-21H,6-16H2,1H3,(H,29,33). The number of fused-ring (bicyclic) bond motifs is 1. The first-order valence-electron chi connectivity index (χ1n) is 13.1. The number of ketones is 1. The summed E-state index contributed by atoms with van der Waals surface area (Å²) in [7, 11) is 0. The number of thiophene rings is 1. The van der Waals surface area contributed by atoms with Gasteiger partial charge in [0.15, 0.2) is 5.03 Å². The summed E-state index contributed by atoms with van der Waals surface area (Å²) in [6.45, 7) is 2.71. The maximum Gasteiger partial charge on any atom is 0.252 e. The number of hydrogen-bond acceptors (Lipinski definition) is 5.